The number of nitrogens with zero attached hydrogens (tertiary/aromatic N) is 4. The fourth-order valence-electron chi connectivity index (χ4n) is 3.89. The fourth-order valence-corrected chi connectivity index (χ4v) is 3.89. The molecule has 0 radical (unpaired) electrons. The zero-order chi connectivity index (χ0) is 18.6. The molecule has 3 aromatic rings. The molecule has 1 aliphatic heterocycles. The molecule has 5 nitrogen and oxygen atoms in total. The summed E-state index contributed by atoms with van der Waals surface area (Å²) in [6, 6.07) is 18.3. The van der Waals surface area contributed by atoms with Gasteiger partial charge in [0.2, 0.25) is 0 Å². The zero-order valence-electron chi connectivity index (χ0n) is 15.7. The van der Waals surface area contributed by atoms with Crippen LogP contribution < -0.4 is 0 Å². The molecular weight excluding hydrogens is 336 g/mol. The van der Waals surface area contributed by atoms with Gasteiger partial charge in [0.25, 0.3) is 0 Å². The SMILES string of the molecule is CC(c1ccccc1)n1cc(CN2CCC(c3cccc(O)c3)CC2)nn1. The Morgan fingerprint density at radius 3 is 2.59 bits per heavy atom. The molecule has 0 saturated carbocycles. The minimum absolute atomic E-state index is 0.184. The van der Waals surface area contributed by atoms with Crippen LogP contribution in [0.15, 0.2) is 60.8 Å². The first-order chi connectivity index (χ1) is 13.2. The number of likely N-dealkylation sites (tertiary alicyclic amines) is 1. The monoisotopic (exact) mass is 362 g/mol. The molecule has 4 rings (SSSR count). The number of benzene rings is 2. The number of phenolic OH excluding ortho intramolecular Hbond substituents is 1. The predicted molar refractivity (Wildman–Crippen MR) is 106 cm³/mol. The van der Waals surface area contributed by atoms with E-state index in [1.54, 1.807) is 6.07 Å². The Labute approximate surface area is 160 Å². The quantitative estimate of drug-likeness (QED) is 0.746. The molecule has 1 aliphatic rings. The Morgan fingerprint density at radius 1 is 1.07 bits per heavy atom. The third kappa shape index (κ3) is 4.19. The lowest BCUT2D eigenvalue weighted by atomic mass is 9.89. The van der Waals surface area contributed by atoms with Crippen molar-refractivity contribution < 1.29 is 5.11 Å². The summed E-state index contributed by atoms with van der Waals surface area (Å²) in [6.07, 6.45) is 4.29. The van der Waals surface area contributed by atoms with E-state index in [1.807, 2.05) is 22.9 Å². The van der Waals surface area contributed by atoms with Gasteiger partial charge in [-0.2, -0.15) is 0 Å². The normalized spacial score (nSPS) is 17.1. The molecule has 0 spiro atoms. The van der Waals surface area contributed by atoms with Crippen molar-refractivity contribution in [3.63, 3.8) is 0 Å². The molecule has 140 valence electrons. The van der Waals surface area contributed by atoms with E-state index >= 15 is 0 Å². The van der Waals surface area contributed by atoms with Crippen LogP contribution in [0, 0.1) is 0 Å². The molecule has 1 fully saturated rings. The minimum Gasteiger partial charge on any atom is -0.508 e. The Balaban J connectivity index is 1.34. The van der Waals surface area contributed by atoms with Gasteiger partial charge in [0.1, 0.15) is 5.75 Å². The summed E-state index contributed by atoms with van der Waals surface area (Å²) in [6.45, 7) is 5.08. The summed E-state index contributed by atoms with van der Waals surface area (Å²) in [5, 5.41) is 18.4. The molecule has 5 heteroatoms. The molecule has 1 atom stereocenters. The lowest BCUT2D eigenvalue weighted by molar-refractivity contribution is 0.202. The zero-order valence-corrected chi connectivity index (χ0v) is 15.7. The van der Waals surface area contributed by atoms with Crippen LogP contribution in [0.3, 0.4) is 0 Å². The number of hydrogen-bond acceptors (Lipinski definition) is 4. The van der Waals surface area contributed by atoms with Gasteiger partial charge in [-0.15, -0.1) is 5.10 Å². The fraction of sp³-hybridized carbons (Fsp3) is 0.364. The molecule has 1 aromatic heterocycles. The molecule has 0 aliphatic carbocycles. The average molecular weight is 362 g/mol. The molecule has 2 heterocycles. The van der Waals surface area contributed by atoms with Crippen LogP contribution >= 0.6 is 0 Å². The molecule has 1 saturated heterocycles. The highest BCUT2D eigenvalue weighted by Gasteiger charge is 2.22. The molecule has 0 bridgehead atoms. The van der Waals surface area contributed by atoms with Gasteiger partial charge in [-0.1, -0.05) is 47.7 Å². The van der Waals surface area contributed by atoms with Gasteiger partial charge in [0, 0.05) is 6.54 Å². The molecule has 27 heavy (non-hydrogen) atoms. The standard InChI is InChI=1S/C22H26N4O/c1-17(18-6-3-2-4-7-18)26-16-21(23-24-26)15-25-12-10-19(11-13-25)20-8-5-9-22(27)14-20/h2-9,14,16-17,19,27H,10-13,15H2,1H3. The van der Waals surface area contributed by atoms with Crippen molar-refractivity contribution in [2.45, 2.75) is 38.3 Å². The number of aromatic hydroxyl groups is 1. The van der Waals surface area contributed by atoms with E-state index in [2.05, 4.69) is 58.7 Å². The maximum Gasteiger partial charge on any atom is 0.115 e. The second-order valence-corrected chi connectivity index (χ2v) is 7.42. The first kappa shape index (κ1) is 17.7. The highest BCUT2D eigenvalue weighted by molar-refractivity contribution is 5.30. The number of rotatable bonds is 5. The first-order valence-corrected chi connectivity index (χ1v) is 9.66. The molecular formula is C22H26N4O. The van der Waals surface area contributed by atoms with Crippen molar-refractivity contribution >= 4 is 0 Å². The molecule has 1 unspecified atom stereocenters. The minimum atomic E-state index is 0.184. The van der Waals surface area contributed by atoms with Gasteiger partial charge in [-0.25, -0.2) is 4.68 Å². The molecule has 1 N–H and O–H groups in total. The molecule has 2 aromatic carbocycles. The third-order valence-corrected chi connectivity index (χ3v) is 5.55. The van der Waals surface area contributed by atoms with E-state index in [1.165, 1.54) is 11.1 Å². The first-order valence-electron chi connectivity index (χ1n) is 9.66. The van der Waals surface area contributed by atoms with Crippen molar-refractivity contribution in [1.29, 1.82) is 0 Å². The van der Waals surface area contributed by atoms with Crippen molar-refractivity contribution in [2.24, 2.45) is 0 Å². The topological polar surface area (TPSA) is 54.2 Å². The van der Waals surface area contributed by atoms with Gasteiger partial charge >= 0.3 is 0 Å². The van der Waals surface area contributed by atoms with Crippen LogP contribution in [0.25, 0.3) is 0 Å². The van der Waals surface area contributed by atoms with E-state index in [4.69, 9.17) is 0 Å². The van der Waals surface area contributed by atoms with Gasteiger partial charge < -0.3 is 5.11 Å². The van der Waals surface area contributed by atoms with E-state index in [9.17, 15) is 5.11 Å². The van der Waals surface area contributed by atoms with Crippen LogP contribution in [0.2, 0.25) is 0 Å². The number of phenols is 1. The smallest absolute Gasteiger partial charge is 0.115 e. The van der Waals surface area contributed by atoms with Crippen LogP contribution in [0.4, 0.5) is 0 Å². The van der Waals surface area contributed by atoms with E-state index in [0.29, 0.717) is 11.7 Å². The van der Waals surface area contributed by atoms with Crippen LogP contribution in [0.1, 0.15) is 48.5 Å². The van der Waals surface area contributed by atoms with Crippen LogP contribution in [-0.4, -0.2) is 38.1 Å². The van der Waals surface area contributed by atoms with Gasteiger partial charge in [0.15, 0.2) is 0 Å². The average Bonchev–Trinajstić information content (AvgIpc) is 3.17. The third-order valence-electron chi connectivity index (χ3n) is 5.55. The van der Waals surface area contributed by atoms with Gasteiger partial charge in [-0.05, 0) is 62.0 Å². The Morgan fingerprint density at radius 2 is 1.85 bits per heavy atom. The van der Waals surface area contributed by atoms with E-state index < -0.39 is 0 Å². The predicted octanol–water partition coefficient (Wildman–Crippen LogP) is 3.97. The van der Waals surface area contributed by atoms with E-state index in [0.717, 1.165) is 38.2 Å². The number of piperidine rings is 1. The van der Waals surface area contributed by atoms with Crippen molar-refractivity contribution in [3.8, 4) is 5.75 Å². The molecule has 0 amide bonds. The van der Waals surface area contributed by atoms with Crippen molar-refractivity contribution in [1.82, 2.24) is 19.9 Å². The van der Waals surface area contributed by atoms with Crippen LogP contribution in [-0.2, 0) is 6.54 Å². The van der Waals surface area contributed by atoms with Crippen molar-refractivity contribution in [2.75, 3.05) is 13.1 Å². The second kappa shape index (κ2) is 7.92. The number of hydrogen-bond donors (Lipinski definition) is 1. The Bertz CT molecular complexity index is 869. The Kier molecular flexibility index (Phi) is 5.21. The summed E-state index contributed by atoms with van der Waals surface area (Å²) in [5.41, 5.74) is 3.51. The number of aromatic nitrogens is 3. The second-order valence-electron chi connectivity index (χ2n) is 7.42. The highest BCUT2D eigenvalue weighted by Crippen LogP contribution is 2.30. The Hall–Kier alpha value is -2.66. The van der Waals surface area contributed by atoms with E-state index in [-0.39, 0.29) is 6.04 Å². The maximum absolute atomic E-state index is 9.69. The summed E-state index contributed by atoms with van der Waals surface area (Å²) in [7, 11) is 0. The summed E-state index contributed by atoms with van der Waals surface area (Å²) < 4.78 is 1.95. The summed E-state index contributed by atoms with van der Waals surface area (Å²) >= 11 is 0. The largest absolute Gasteiger partial charge is 0.508 e. The van der Waals surface area contributed by atoms with Gasteiger partial charge in [-0.3, -0.25) is 4.90 Å². The highest BCUT2D eigenvalue weighted by atomic mass is 16.3. The maximum atomic E-state index is 9.69. The lowest BCUT2D eigenvalue weighted by Crippen LogP contribution is -2.32. The van der Waals surface area contributed by atoms with Crippen molar-refractivity contribution in [3.05, 3.63) is 77.6 Å². The summed E-state index contributed by atoms with van der Waals surface area (Å²) in [5.74, 6) is 0.890. The lowest BCUT2D eigenvalue weighted by Gasteiger charge is -2.31. The summed E-state index contributed by atoms with van der Waals surface area (Å²) in [4.78, 5) is 2.45. The van der Waals surface area contributed by atoms with Gasteiger partial charge in [0.05, 0.1) is 17.9 Å². The van der Waals surface area contributed by atoms with Crippen LogP contribution in [0.5, 0.6) is 5.75 Å².